The molecule has 0 saturated heterocycles. The molecule has 0 amide bonds. The first-order valence-electron chi connectivity index (χ1n) is 5.72. The van der Waals surface area contributed by atoms with Gasteiger partial charge in [-0.05, 0) is 0 Å². The van der Waals surface area contributed by atoms with Gasteiger partial charge < -0.3 is 0 Å². The topological polar surface area (TPSA) is 0 Å². The molecule has 0 fully saturated rings. The van der Waals surface area contributed by atoms with Crippen molar-refractivity contribution in [3.05, 3.63) is 38.0 Å². The number of hydrogen-bond acceptors (Lipinski definition) is 0. The van der Waals surface area contributed by atoms with E-state index in [4.69, 9.17) is 0 Å². The normalized spacial score (nSPS) is 12.2. The Morgan fingerprint density at radius 3 is 1.40 bits per heavy atom. The first kappa shape index (κ1) is 15.2. The summed E-state index contributed by atoms with van der Waals surface area (Å²) >= 11 is -2.03. The minimum atomic E-state index is -2.03. The van der Waals surface area contributed by atoms with Crippen molar-refractivity contribution < 1.29 is 0 Å². The second kappa shape index (κ2) is 6.74. The molecule has 0 bridgehead atoms. The first-order valence-corrected chi connectivity index (χ1v) is 17.5. The number of allylic oxidation sites excluding steroid dienone is 3. The molecular weight excluding hydrogens is 303 g/mol. The van der Waals surface area contributed by atoms with Gasteiger partial charge in [-0.25, -0.2) is 0 Å². The Morgan fingerprint density at radius 2 is 1.20 bits per heavy atom. The Balaban J connectivity index is 4.82. The van der Waals surface area contributed by atoms with Crippen LogP contribution in [0.25, 0.3) is 0 Å². The second-order valence-electron chi connectivity index (χ2n) is 5.72. The average molecular weight is 329 g/mol. The van der Waals surface area contributed by atoms with E-state index in [1.807, 2.05) is 0 Å². The Hall–Kier alpha value is 0.236. The number of rotatable bonds is 8. The summed E-state index contributed by atoms with van der Waals surface area (Å²) in [6.45, 7) is 19.3. The van der Waals surface area contributed by atoms with Crippen LogP contribution in [-0.2, 0) is 0 Å². The predicted molar refractivity (Wildman–Crippen MR) is 78.9 cm³/mol. The maximum absolute atomic E-state index is 3.94. The Labute approximate surface area is 101 Å². The van der Waals surface area contributed by atoms with E-state index in [1.165, 1.54) is 17.4 Å². The third-order valence-corrected chi connectivity index (χ3v) is 29.8. The summed E-state index contributed by atoms with van der Waals surface area (Å²) in [7, 11) is -0.954. The molecule has 86 valence electrons. The van der Waals surface area contributed by atoms with Crippen LogP contribution in [0.3, 0.4) is 0 Å². The molecule has 0 unspecified atom stereocenters. The van der Waals surface area contributed by atoms with Gasteiger partial charge in [0.05, 0.1) is 0 Å². The summed E-state index contributed by atoms with van der Waals surface area (Å²) in [6.07, 6.45) is 6.43. The van der Waals surface area contributed by atoms with Crippen molar-refractivity contribution in [1.29, 1.82) is 0 Å². The Morgan fingerprint density at radius 1 is 0.867 bits per heavy atom. The van der Waals surface area contributed by atoms with Crippen LogP contribution in [0.5, 0.6) is 0 Å². The molecule has 0 N–H and O–H groups in total. The molecule has 0 atom stereocenters. The third kappa shape index (κ3) is 6.41. The minimum absolute atomic E-state index is 0.954. The van der Waals surface area contributed by atoms with Gasteiger partial charge in [-0.15, -0.1) is 0 Å². The molecule has 15 heavy (non-hydrogen) atoms. The predicted octanol–water partition coefficient (Wildman–Crippen LogP) is 4.87. The van der Waals surface area contributed by atoms with Crippen molar-refractivity contribution in [3.8, 4) is 0 Å². The zero-order valence-corrected chi connectivity index (χ0v) is 14.5. The van der Waals surface area contributed by atoms with Crippen molar-refractivity contribution in [1.82, 2.24) is 0 Å². The summed E-state index contributed by atoms with van der Waals surface area (Å²) < 4.78 is 5.40. The Bertz CT molecular complexity index is 199. The van der Waals surface area contributed by atoms with Crippen LogP contribution < -0.4 is 0 Å². The molecule has 0 aliphatic rings. The van der Waals surface area contributed by atoms with E-state index in [-0.39, 0.29) is 0 Å². The van der Waals surface area contributed by atoms with Crippen LogP contribution in [0.2, 0.25) is 37.0 Å². The van der Waals surface area contributed by atoms with Crippen LogP contribution >= 0.6 is 0 Å². The van der Waals surface area contributed by atoms with Crippen LogP contribution in [0, 0.1) is 0 Å². The molecule has 0 saturated carbocycles. The van der Waals surface area contributed by atoms with Crippen molar-refractivity contribution in [3.63, 3.8) is 0 Å². The molecule has 0 aliphatic carbocycles. The van der Waals surface area contributed by atoms with Gasteiger partial charge in [-0.1, -0.05) is 0 Å². The van der Waals surface area contributed by atoms with E-state index in [1.54, 1.807) is 0 Å². The Kier molecular flexibility index (Phi) is 6.85. The molecule has 0 spiro atoms. The SMILES string of the molecule is C=C[CH2][Sn]([CH2]C=C)([CH2]C=C)[CH2][Si](C)(C)C. The van der Waals surface area contributed by atoms with Gasteiger partial charge in [0, 0.05) is 0 Å². The number of hydrogen-bond donors (Lipinski definition) is 0. The van der Waals surface area contributed by atoms with E-state index in [0.717, 1.165) is 0 Å². The first-order chi connectivity index (χ1) is 6.89. The monoisotopic (exact) mass is 330 g/mol. The quantitative estimate of drug-likeness (QED) is 0.440. The molecule has 0 aromatic rings. The van der Waals surface area contributed by atoms with Gasteiger partial charge in [0.1, 0.15) is 0 Å². The maximum atomic E-state index is 3.94. The molecule has 0 nitrogen and oxygen atoms in total. The molecule has 2 heteroatoms. The average Bonchev–Trinajstić information content (AvgIpc) is 2.01. The third-order valence-electron chi connectivity index (χ3n) is 2.64. The van der Waals surface area contributed by atoms with E-state index < -0.39 is 26.5 Å². The van der Waals surface area contributed by atoms with Crippen LogP contribution in [-0.4, -0.2) is 26.5 Å². The summed E-state index contributed by atoms with van der Waals surface area (Å²) in [5.41, 5.74) is 0. The molecule has 0 heterocycles. The van der Waals surface area contributed by atoms with E-state index in [9.17, 15) is 0 Å². The fourth-order valence-corrected chi connectivity index (χ4v) is 34.8. The van der Waals surface area contributed by atoms with Crippen molar-refractivity contribution >= 4 is 26.5 Å². The molecule has 0 aliphatic heterocycles. The fraction of sp³-hybridized carbons (Fsp3) is 0.538. The van der Waals surface area contributed by atoms with Gasteiger partial charge in [0.25, 0.3) is 0 Å². The van der Waals surface area contributed by atoms with Crippen molar-refractivity contribution in [2.45, 2.75) is 37.0 Å². The van der Waals surface area contributed by atoms with Crippen LogP contribution in [0.4, 0.5) is 0 Å². The van der Waals surface area contributed by atoms with Gasteiger partial charge >= 0.3 is 101 Å². The second-order valence-corrected chi connectivity index (χ2v) is 26.3. The van der Waals surface area contributed by atoms with Gasteiger partial charge in [0.2, 0.25) is 0 Å². The van der Waals surface area contributed by atoms with Gasteiger partial charge in [-0.3, -0.25) is 0 Å². The fourth-order valence-electron chi connectivity index (χ4n) is 2.51. The molecular formula is C13H26SiSn. The van der Waals surface area contributed by atoms with Crippen molar-refractivity contribution in [2.24, 2.45) is 0 Å². The summed E-state index contributed by atoms with van der Waals surface area (Å²) in [5, 5.41) is 0. The van der Waals surface area contributed by atoms with Crippen molar-refractivity contribution in [2.75, 3.05) is 0 Å². The summed E-state index contributed by atoms with van der Waals surface area (Å²) in [4.78, 5) is 0. The van der Waals surface area contributed by atoms with Gasteiger partial charge in [-0.2, -0.15) is 0 Å². The molecule has 0 radical (unpaired) electrons. The molecule has 0 aromatic heterocycles. The van der Waals surface area contributed by atoms with Gasteiger partial charge in [0.15, 0.2) is 0 Å². The molecule has 0 aromatic carbocycles. The van der Waals surface area contributed by atoms with E-state index >= 15 is 0 Å². The molecule has 0 rings (SSSR count). The zero-order chi connectivity index (χ0) is 11.9. The standard InChI is InChI=1S/C4H11Si.3C3H5.Sn/c1-5(2,3)4;3*1-3-2;/h1H2,2-4H3;3*3H,1-2H2;. The summed E-state index contributed by atoms with van der Waals surface area (Å²) in [6, 6.07) is 0. The zero-order valence-electron chi connectivity index (χ0n) is 10.7. The van der Waals surface area contributed by atoms with E-state index in [0.29, 0.717) is 0 Å². The van der Waals surface area contributed by atoms with Crippen LogP contribution in [0.1, 0.15) is 0 Å². The van der Waals surface area contributed by atoms with Crippen LogP contribution in [0.15, 0.2) is 38.0 Å². The van der Waals surface area contributed by atoms with E-state index in [2.05, 4.69) is 57.6 Å². The summed E-state index contributed by atoms with van der Waals surface area (Å²) in [5.74, 6) is 0.